The predicted octanol–water partition coefficient (Wildman–Crippen LogP) is 3.51. The average molecular weight is 492 g/mol. The number of hydrogen-bond acceptors (Lipinski definition) is 7. The lowest BCUT2D eigenvalue weighted by atomic mass is 9.98. The normalized spacial score (nSPS) is 15.3. The quantitative estimate of drug-likeness (QED) is 0.376. The third kappa shape index (κ3) is 4.54. The zero-order valence-electron chi connectivity index (χ0n) is 19.3. The number of aromatic amines is 1. The molecule has 1 unspecified atom stereocenters. The Balaban J connectivity index is 1.25. The summed E-state index contributed by atoms with van der Waals surface area (Å²) in [5, 5.41) is 13.4. The van der Waals surface area contributed by atoms with Crippen LogP contribution in [0.3, 0.4) is 0 Å². The number of aryl methyl sites for hydroxylation is 1. The fourth-order valence-electron chi connectivity index (χ4n) is 4.52. The Morgan fingerprint density at radius 3 is 2.86 bits per heavy atom. The SMILES string of the molecule is Cc1ccc(NC(=O)NCCC2CN(c3ncnc4[nH]ncc34)c3ccccc32)cc1S(C)(=O)=O. The number of nitrogens with zero attached hydrogens (tertiary/aromatic N) is 4. The molecule has 11 heteroatoms. The molecule has 0 bridgehead atoms. The largest absolute Gasteiger partial charge is 0.338 e. The van der Waals surface area contributed by atoms with Gasteiger partial charge in [0.15, 0.2) is 15.5 Å². The van der Waals surface area contributed by atoms with E-state index in [1.165, 1.54) is 18.0 Å². The van der Waals surface area contributed by atoms with Crippen LogP contribution >= 0.6 is 0 Å². The minimum Gasteiger partial charge on any atom is -0.338 e. The van der Waals surface area contributed by atoms with E-state index < -0.39 is 9.84 Å². The van der Waals surface area contributed by atoms with Crippen molar-refractivity contribution < 1.29 is 13.2 Å². The van der Waals surface area contributed by atoms with Crippen LogP contribution < -0.4 is 15.5 Å². The summed E-state index contributed by atoms with van der Waals surface area (Å²) in [7, 11) is -3.38. The number of para-hydroxylation sites is 1. The third-order valence-corrected chi connectivity index (χ3v) is 7.42. The number of H-pyrrole nitrogens is 1. The van der Waals surface area contributed by atoms with E-state index in [0.29, 0.717) is 23.4 Å². The molecule has 3 N–H and O–H groups in total. The van der Waals surface area contributed by atoms with Gasteiger partial charge >= 0.3 is 6.03 Å². The van der Waals surface area contributed by atoms with Crippen LogP contribution in [0.5, 0.6) is 0 Å². The first-order valence-corrected chi connectivity index (χ1v) is 13.1. The third-order valence-electron chi connectivity index (χ3n) is 6.18. The highest BCUT2D eigenvalue weighted by Gasteiger charge is 2.31. The van der Waals surface area contributed by atoms with E-state index in [0.717, 1.165) is 36.1 Å². The Morgan fingerprint density at radius 2 is 2.03 bits per heavy atom. The summed E-state index contributed by atoms with van der Waals surface area (Å²) >= 11 is 0. The van der Waals surface area contributed by atoms with Crippen molar-refractivity contribution in [2.75, 3.05) is 29.6 Å². The van der Waals surface area contributed by atoms with Gasteiger partial charge in [0.2, 0.25) is 0 Å². The summed E-state index contributed by atoms with van der Waals surface area (Å²) in [5.74, 6) is 0.991. The number of rotatable bonds is 6. The Bertz CT molecular complexity index is 1520. The minimum absolute atomic E-state index is 0.194. The number of carbonyl (C=O) groups excluding carboxylic acids is 1. The maximum atomic E-state index is 12.5. The number of nitrogens with one attached hydrogen (secondary N) is 3. The topological polar surface area (TPSA) is 133 Å². The molecule has 0 fully saturated rings. The average Bonchev–Trinajstić information content (AvgIpc) is 3.45. The highest BCUT2D eigenvalue weighted by Crippen LogP contribution is 2.42. The molecule has 0 spiro atoms. The van der Waals surface area contributed by atoms with Crippen molar-refractivity contribution in [3.63, 3.8) is 0 Å². The molecule has 3 heterocycles. The maximum Gasteiger partial charge on any atom is 0.319 e. The van der Waals surface area contributed by atoms with E-state index in [9.17, 15) is 13.2 Å². The van der Waals surface area contributed by atoms with Crippen molar-refractivity contribution in [1.29, 1.82) is 0 Å². The Kier molecular flexibility index (Phi) is 5.85. The smallest absolute Gasteiger partial charge is 0.319 e. The lowest BCUT2D eigenvalue weighted by molar-refractivity contribution is 0.251. The molecule has 1 aliphatic rings. The van der Waals surface area contributed by atoms with Crippen molar-refractivity contribution in [2.24, 2.45) is 0 Å². The molecular weight excluding hydrogens is 466 g/mol. The van der Waals surface area contributed by atoms with Crippen LogP contribution in [0.25, 0.3) is 11.0 Å². The van der Waals surface area contributed by atoms with Crippen LogP contribution in [-0.4, -0.2) is 54.0 Å². The predicted molar refractivity (Wildman–Crippen MR) is 134 cm³/mol. The first-order chi connectivity index (χ1) is 16.8. The molecule has 0 radical (unpaired) electrons. The van der Waals surface area contributed by atoms with Crippen molar-refractivity contribution in [1.82, 2.24) is 25.5 Å². The number of aromatic nitrogens is 4. The number of sulfone groups is 1. The first kappa shape index (κ1) is 22.8. The van der Waals surface area contributed by atoms with Crippen LogP contribution in [0.2, 0.25) is 0 Å². The van der Waals surface area contributed by atoms with Crippen LogP contribution in [0.4, 0.5) is 22.0 Å². The molecule has 1 aliphatic heterocycles. The van der Waals surface area contributed by atoms with E-state index in [4.69, 9.17) is 0 Å². The van der Waals surface area contributed by atoms with Gasteiger partial charge in [-0.2, -0.15) is 5.10 Å². The fourth-order valence-corrected chi connectivity index (χ4v) is 5.52. The van der Waals surface area contributed by atoms with E-state index >= 15 is 0 Å². The second-order valence-electron chi connectivity index (χ2n) is 8.62. The zero-order valence-corrected chi connectivity index (χ0v) is 20.1. The molecule has 2 aromatic heterocycles. The van der Waals surface area contributed by atoms with E-state index in [1.807, 2.05) is 12.1 Å². The second-order valence-corrected chi connectivity index (χ2v) is 10.6. The van der Waals surface area contributed by atoms with Gasteiger partial charge in [0.25, 0.3) is 0 Å². The highest BCUT2D eigenvalue weighted by atomic mass is 32.2. The van der Waals surface area contributed by atoms with Crippen LogP contribution in [0, 0.1) is 6.92 Å². The molecule has 0 aliphatic carbocycles. The molecule has 0 saturated heterocycles. The lowest BCUT2D eigenvalue weighted by Crippen LogP contribution is -2.30. The van der Waals surface area contributed by atoms with Gasteiger partial charge in [-0.15, -0.1) is 0 Å². The summed E-state index contributed by atoms with van der Waals surface area (Å²) in [6.07, 6.45) is 5.13. The summed E-state index contributed by atoms with van der Waals surface area (Å²) in [6.45, 7) is 2.89. The number of fused-ring (bicyclic) bond motifs is 2. The minimum atomic E-state index is -3.38. The van der Waals surface area contributed by atoms with E-state index in [1.54, 1.807) is 25.3 Å². The lowest BCUT2D eigenvalue weighted by Gasteiger charge is -2.19. The van der Waals surface area contributed by atoms with Gasteiger partial charge in [-0.3, -0.25) is 5.10 Å². The summed E-state index contributed by atoms with van der Waals surface area (Å²) in [6, 6.07) is 12.7. The summed E-state index contributed by atoms with van der Waals surface area (Å²) in [4.78, 5) is 23.6. The zero-order chi connectivity index (χ0) is 24.6. The van der Waals surface area contributed by atoms with Gasteiger partial charge in [-0.05, 0) is 42.7 Å². The molecule has 2 amide bonds. The molecule has 35 heavy (non-hydrogen) atoms. The number of benzene rings is 2. The molecule has 180 valence electrons. The Labute approximate surface area is 202 Å². The van der Waals surface area contributed by atoms with Crippen LogP contribution in [0.1, 0.15) is 23.5 Å². The van der Waals surface area contributed by atoms with Crippen LogP contribution in [-0.2, 0) is 9.84 Å². The number of hydrogen-bond donors (Lipinski definition) is 3. The van der Waals surface area contributed by atoms with Gasteiger partial charge in [0.1, 0.15) is 12.1 Å². The standard InChI is InChI=1S/C24H25N7O3S/c1-15-7-8-17(11-21(15)35(2,33)34)29-24(32)25-10-9-16-13-31(20-6-4-3-5-18(16)20)23-19-12-28-30-22(19)26-14-27-23/h3-8,11-12,14,16H,9-10,13H2,1-2H3,(H2,25,29,32)(H,26,27,28,30). The Hall–Kier alpha value is -3.99. The van der Waals surface area contributed by atoms with Crippen molar-refractivity contribution in [3.05, 3.63) is 66.1 Å². The van der Waals surface area contributed by atoms with Gasteiger partial charge < -0.3 is 15.5 Å². The number of carbonyl (C=O) groups is 1. The molecule has 10 nitrogen and oxygen atoms in total. The molecule has 1 atom stereocenters. The number of amides is 2. The molecule has 0 saturated carbocycles. The van der Waals surface area contributed by atoms with Gasteiger partial charge in [0.05, 0.1) is 16.5 Å². The van der Waals surface area contributed by atoms with Crippen molar-refractivity contribution >= 4 is 44.1 Å². The fraction of sp³-hybridized carbons (Fsp3) is 0.250. The van der Waals surface area contributed by atoms with E-state index in [-0.39, 0.29) is 16.8 Å². The first-order valence-electron chi connectivity index (χ1n) is 11.2. The van der Waals surface area contributed by atoms with Gasteiger partial charge in [-0.25, -0.2) is 23.2 Å². The van der Waals surface area contributed by atoms with Crippen molar-refractivity contribution in [3.8, 4) is 0 Å². The Morgan fingerprint density at radius 1 is 1.20 bits per heavy atom. The molecule has 2 aromatic carbocycles. The monoisotopic (exact) mass is 491 g/mol. The van der Waals surface area contributed by atoms with Gasteiger partial charge in [0, 0.05) is 36.6 Å². The molecule has 5 rings (SSSR count). The molecular formula is C24H25N7O3S. The number of anilines is 3. The number of urea groups is 1. The molecule has 4 aromatic rings. The summed E-state index contributed by atoms with van der Waals surface area (Å²) in [5.41, 5.74) is 4.03. The highest BCUT2D eigenvalue weighted by molar-refractivity contribution is 7.90. The van der Waals surface area contributed by atoms with Gasteiger partial charge in [-0.1, -0.05) is 24.3 Å². The second kappa shape index (κ2) is 8.99. The van der Waals surface area contributed by atoms with Crippen molar-refractivity contribution in [2.45, 2.75) is 24.2 Å². The van der Waals surface area contributed by atoms with Crippen LogP contribution in [0.15, 0.2) is 59.9 Å². The maximum absolute atomic E-state index is 12.5. The van der Waals surface area contributed by atoms with E-state index in [2.05, 4.69) is 47.8 Å². The summed E-state index contributed by atoms with van der Waals surface area (Å²) < 4.78 is 23.9.